The molecule has 6 heteroatoms. The van der Waals surface area contributed by atoms with Crippen molar-refractivity contribution in [1.29, 1.82) is 0 Å². The van der Waals surface area contributed by atoms with Crippen LogP contribution in [-0.4, -0.2) is 11.1 Å². The fourth-order valence-electron chi connectivity index (χ4n) is 2.80. The van der Waals surface area contributed by atoms with Crippen molar-refractivity contribution in [2.75, 3.05) is 5.32 Å². The zero-order valence-corrected chi connectivity index (χ0v) is 14.6. The lowest BCUT2D eigenvalue weighted by Gasteiger charge is -2.13. The Hall–Kier alpha value is -2.30. The van der Waals surface area contributed by atoms with Crippen molar-refractivity contribution in [3.8, 4) is 11.3 Å². The third kappa shape index (κ3) is 3.03. The second-order valence-electron chi connectivity index (χ2n) is 6.10. The molecule has 0 aliphatic heterocycles. The van der Waals surface area contributed by atoms with Crippen LogP contribution in [0.4, 0.5) is 5.69 Å². The molecule has 4 rings (SSSR count). The van der Waals surface area contributed by atoms with Gasteiger partial charge < -0.3 is 9.84 Å². The number of carbonyl (C=O) groups is 1. The molecule has 4 nitrogen and oxygen atoms in total. The molecule has 1 aliphatic rings. The summed E-state index contributed by atoms with van der Waals surface area (Å²) in [6.45, 7) is 0. The molecule has 25 heavy (non-hydrogen) atoms. The Kier molecular flexibility index (Phi) is 4.02. The first-order valence-electron chi connectivity index (χ1n) is 7.88. The van der Waals surface area contributed by atoms with Gasteiger partial charge in [-0.15, -0.1) is 0 Å². The summed E-state index contributed by atoms with van der Waals surface area (Å²) >= 11 is 12.0. The Balaban J connectivity index is 1.58. The minimum absolute atomic E-state index is 0.135. The summed E-state index contributed by atoms with van der Waals surface area (Å²) in [6, 6.07) is 16.5. The molecule has 1 fully saturated rings. The van der Waals surface area contributed by atoms with Crippen LogP contribution in [0.15, 0.2) is 59.1 Å². The van der Waals surface area contributed by atoms with E-state index in [2.05, 4.69) is 10.5 Å². The van der Waals surface area contributed by atoms with Crippen LogP contribution in [0.3, 0.4) is 0 Å². The summed E-state index contributed by atoms with van der Waals surface area (Å²) in [5.41, 5.74) is 1.46. The third-order valence-electron chi connectivity index (χ3n) is 4.42. The second kappa shape index (κ2) is 6.21. The number of nitrogens with zero attached hydrogens (tertiary/aromatic N) is 1. The minimum atomic E-state index is -0.653. The molecule has 3 aromatic rings. The van der Waals surface area contributed by atoms with E-state index in [1.165, 1.54) is 0 Å². The maximum atomic E-state index is 12.8. The van der Waals surface area contributed by atoms with E-state index in [-0.39, 0.29) is 5.91 Å². The van der Waals surface area contributed by atoms with Gasteiger partial charge in [0.25, 0.3) is 0 Å². The zero-order chi connectivity index (χ0) is 17.4. The van der Waals surface area contributed by atoms with Gasteiger partial charge in [-0.1, -0.05) is 58.7 Å². The van der Waals surface area contributed by atoms with Crippen molar-refractivity contribution in [3.63, 3.8) is 0 Å². The van der Waals surface area contributed by atoms with Gasteiger partial charge in [-0.25, -0.2) is 0 Å². The number of anilines is 1. The Morgan fingerprint density at radius 1 is 1.08 bits per heavy atom. The van der Waals surface area contributed by atoms with Crippen LogP contribution >= 0.6 is 23.2 Å². The maximum absolute atomic E-state index is 12.8. The molecule has 126 valence electrons. The number of amides is 1. The van der Waals surface area contributed by atoms with Crippen molar-refractivity contribution >= 4 is 34.8 Å². The van der Waals surface area contributed by atoms with Gasteiger partial charge in [0.15, 0.2) is 5.76 Å². The van der Waals surface area contributed by atoms with E-state index in [4.69, 9.17) is 27.7 Å². The molecule has 0 radical (unpaired) electrons. The molecule has 0 unspecified atom stereocenters. The summed E-state index contributed by atoms with van der Waals surface area (Å²) in [6.07, 6.45) is 1.45. The number of benzene rings is 2. The highest BCUT2D eigenvalue weighted by atomic mass is 35.5. The Bertz CT molecular complexity index is 934. The van der Waals surface area contributed by atoms with Gasteiger partial charge in [0, 0.05) is 16.7 Å². The van der Waals surface area contributed by atoms with Gasteiger partial charge in [-0.3, -0.25) is 4.79 Å². The molecular weight excluding hydrogens is 359 g/mol. The lowest BCUT2D eigenvalue weighted by molar-refractivity contribution is -0.118. The van der Waals surface area contributed by atoms with E-state index < -0.39 is 5.41 Å². The topological polar surface area (TPSA) is 55.1 Å². The summed E-state index contributed by atoms with van der Waals surface area (Å²) in [4.78, 5) is 12.8. The van der Waals surface area contributed by atoms with Gasteiger partial charge in [0.2, 0.25) is 5.91 Å². The Labute approximate surface area is 154 Å². The number of halogens is 2. The molecule has 1 amide bonds. The predicted octanol–water partition coefficient (Wildman–Crippen LogP) is 5.32. The van der Waals surface area contributed by atoms with E-state index in [1.54, 1.807) is 18.2 Å². The monoisotopic (exact) mass is 372 g/mol. The molecule has 2 aromatic carbocycles. The predicted molar refractivity (Wildman–Crippen MR) is 97.9 cm³/mol. The maximum Gasteiger partial charge on any atom is 0.236 e. The highest BCUT2D eigenvalue weighted by Gasteiger charge is 2.54. The fraction of sp³-hybridized carbons (Fsp3) is 0.158. The first-order valence-corrected chi connectivity index (χ1v) is 8.63. The largest absolute Gasteiger partial charge is 0.356 e. The quantitative estimate of drug-likeness (QED) is 0.674. The van der Waals surface area contributed by atoms with Crippen LogP contribution in [0.5, 0.6) is 0 Å². The van der Waals surface area contributed by atoms with Crippen LogP contribution in [-0.2, 0) is 10.2 Å². The van der Waals surface area contributed by atoms with E-state index in [1.807, 2.05) is 36.4 Å². The number of carbonyl (C=O) groups excluding carboxylic acids is 1. The smallest absolute Gasteiger partial charge is 0.236 e. The fourth-order valence-corrected chi connectivity index (χ4v) is 3.25. The molecule has 1 saturated carbocycles. The minimum Gasteiger partial charge on any atom is -0.356 e. The average molecular weight is 373 g/mol. The number of hydrogen-bond donors (Lipinski definition) is 1. The highest BCUT2D eigenvalue weighted by Crippen LogP contribution is 2.49. The summed E-state index contributed by atoms with van der Waals surface area (Å²) < 4.78 is 5.44. The standard InChI is InChI=1S/C19H14Cl2N2O2/c20-13-6-7-15(14(21)10-13)22-18(24)19(8-9-19)17-11-16(25-23-17)12-4-2-1-3-5-12/h1-7,10-11H,8-9H2,(H,22,24). The zero-order valence-electron chi connectivity index (χ0n) is 13.1. The molecule has 0 saturated heterocycles. The summed E-state index contributed by atoms with van der Waals surface area (Å²) in [5.74, 6) is 0.517. The van der Waals surface area contributed by atoms with E-state index >= 15 is 0 Å². The lowest BCUT2D eigenvalue weighted by Crippen LogP contribution is -2.28. The average Bonchev–Trinajstić information content (AvgIpc) is 3.28. The normalized spacial score (nSPS) is 15.0. The molecule has 1 N–H and O–H groups in total. The van der Waals surface area contributed by atoms with Gasteiger partial charge in [0.05, 0.1) is 21.8 Å². The highest BCUT2D eigenvalue weighted by molar-refractivity contribution is 6.36. The number of aromatic nitrogens is 1. The second-order valence-corrected chi connectivity index (χ2v) is 6.95. The molecular formula is C19H14Cl2N2O2. The molecule has 1 heterocycles. The van der Waals surface area contributed by atoms with E-state index in [9.17, 15) is 4.79 Å². The Morgan fingerprint density at radius 2 is 1.84 bits per heavy atom. The first-order chi connectivity index (χ1) is 12.1. The molecule has 1 aliphatic carbocycles. The van der Waals surface area contributed by atoms with Gasteiger partial charge in [-0.2, -0.15) is 0 Å². The van der Waals surface area contributed by atoms with Crippen LogP contribution in [0, 0.1) is 0 Å². The van der Waals surface area contributed by atoms with Gasteiger partial charge >= 0.3 is 0 Å². The Morgan fingerprint density at radius 3 is 2.52 bits per heavy atom. The van der Waals surface area contributed by atoms with Crippen LogP contribution in [0.1, 0.15) is 18.5 Å². The molecule has 0 atom stereocenters. The molecule has 1 aromatic heterocycles. The van der Waals surface area contributed by atoms with Crippen molar-refractivity contribution < 1.29 is 9.32 Å². The molecule has 0 spiro atoms. The van der Waals surface area contributed by atoms with Crippen molar-refractivity contribution in [2.45, 2.75) is 18.3 Å². The third-order valence-corrected chi connectivity index (χ3v) is 4.97. The van der Waals surface area contributed by atoms with Gasteiger partial charge in [0.1, 0.15) is 0 Å². The van der Waals surface area contributed by atoms with Gasteiger partial charge in [-0.05, 0) is 31.0 Å². The lowest BCUT2D eigenvalue weighted by atomic mass is 10.00. The summed E-state index contributed by atoms with van der Waals surface area (Å²) in [7, 11) is 0. The van der Waals surface area contributed by atoms with Crippen LogP contribution in [0.25, 0.3) is 11.3 Å². The van der Waals surface area contributed by atoms with E-state index in [0.29, 0.717) is 27.2 Å². The number of rotatable bonds is 4. The van der Waals surface area contributed by atoms with Crippen molar-refractivity contribution in [3.05, 3.63) is 70.3 Å². The van der Waals surface area contributed by atoms with Crippen LogP contribution < -0.4 is 5.32 Å². The summed E-state index contributed by atoms with van der Waals surface area (Å²) in [5, 5.41) is 7.94. The van der Waals surface area contributed by atoms with Crippen molar-refractivity contribution in [2.24, 2.45) is 0 Å². The first kappa shape index (κ1) is 16.2. The van der Waals surface area contributed by atoms with E-state index in [0.717, 1.165) is 18.4 Å². The number of nitrogens with one attached hydrogen (secondary N) is 1. The number of hydrogen-bond acceptors (Lipinski definition) is 3. The SMILES string of the molecule is O=C(Nc1ccc(Cl)cc1Cl)C1(c2cc(-c3ccccc3)on2)CC1. The van der Waals surface area contributed by atoms with Crippen molar-refractivity contribution in [1.82, 2.24) is 5.16 Å². The molecule has 0 bridgehead atoms. The van der Waals surface area contributed by atoms with Crippen LogP contribution in [0.2, 0.25) is 10.0 Å².